The smallest absolute Gasteiger partial charge is 0.430 e. The van der Waals surface area contributed by atoms with E-state index < -0.39 is 71.1 Å². The normalized spacial score (nSPS) is 31.3. The fourth-order valence-electron chi connectivity index (χ4n) is 6.81. The van der Waals surface area contributed by atoms with Gasteiger partial charge in [0.25, 0.3) is 0 Å². The topological polar surface area (TPSA) is 71.1 Å². The number of hydrogen-bond donors (Lipinski definition) is 0. The molecule has 3 aliphatic rings. The highest BCUT2D eigenvalue weighted by molar-refractivity contribution is 9.25. The second-order valence-electron chi connectivity index (χ2n) is 12.5. The largest absolute Gasteiger partial charge is 0.509 e. The molecule has 0 amide bonds. The van der Waals surface area contributed by atoms with Crippen molar-refractivity contribution in [2.24, 2.45) is 16.7 Å². The molecule has 1 saturated heterocycles. The van der Waals surface area contributed by atoms with Crippen LogP contribution < -0.4 is 0 Å². The fraction of sp³-hybridized carbons (Fsp3) is 0.714. The molecule has 50 heavy (non-hydrogen) atoms. The van der Waals surface area contributed by atoms with Gasteiger partial charge in [0.1, 0.15) is 6.10 Å². The molecule has 0 aromatic carbocycles. The summed E-state index contributed by atoms with van der Waals surface area (Å²) in [5.41, 5.74) is 1.11. The number of ether oxygens (including phenoxy) is 2. The van der Waals surface area contributed by atoms with Crippen molar-refractivity contribution in [3.63, 3.8) is 0 Å². The van der Waals surface area contributed by atoms with Crippen LogP contribution in [0.3, 0.4) is 0 Å². The molecule has 1 saturated carbocycles. The Kier molecular flexibility index (Phi) is 25.0. The molecule has 288 valence electrons. The summed E-state index contributed by atoms with van der Waals surface area (Å²) in [6, 6.07) is 0. The van der Waals surface area contributed by atoms with Crippen LogP contribution in [0.4, 0.5) is 4.79 Å². The van der Waals surface area contributed by atoms with E-state index in [0.717, 1.165) is 7.96 Å². The van der Waals surface area contributed by atoms with Crippen molar-refractivity contribution in [3.05, 3.63) is 23.8 Å². The third kappa shape index (κ3) is 12.9. The third-order valence-electron chi connectivity index (χ3n) is 9.00. The van der Waals surface area contributed by atoms with Gasteiger partial charge < -0.3 is 18.5 Å². The van der Waals surface area contributed by atoms with Crippen molar-refractivity contribution in [1.29, 1.82) is 0 Å². The number of cyclic esters (lactones) is 1. The van der Waals surface area contributed by atoms with Crippen LogP contribution in [-0.2, 0) is 23.3 Å². The second-order valence-corrected chi connectivity index (χ2v) is 95.3. The standard InChI is InChI=1S/C21H53O6P23/c1-6-7-8-15-21(5)10-14(27-42(43(30)31)48(40-28)44(32)33)16-11(2)13(26-41(29)49(45(34)35)50(46(36)37)47(38)39)9-12(20(16,3)4)17(22)18(21)25-19(23)24-15/h6,12-15,18,40H,1,7-10,28-39H2,2-5H3/t12?,13-,14+,15-,18+,21+,41?,42?,48?,49?/m0/s1. The Labute approximate surface area is 341 Å². The first-order valence-corrected chi connectivity index (χ1v) is 55.3. The van der Waals surface area contributed by atoms with Crippen LogP contribution in [0.5, 0.6) is 0 Å². The van der Waals surface area contributed by atoms with Crippen LogP contribution in [-0.4, -0.2) is 36.4 Å². The van der Waals surface area contributed by atoms with Crippen LogP contribution in [0.15, 0.2) is 23.8 Å². The molecule has 23 atom stereocenters. The fourth-order valence-corrected chi connectivity index (χ4v) is 203. The molecule has 0 aromatic heterocycles. The van der Waals surface area contributed by atoms with Gasteiger partial charge >= 0.3 is 6.16 Å². The zero-order chi connectivity index (χ0) is 38.0. The van der Waals surface area contributed by atoms with Gasteiger partial charge in [-0.05, 0) is 91.1 Å². The third-order valence-corrected chi connectivity index (χ3v) is 130. The highest BCUT2D eigenvalue weighted by Crippen LogP contribution is 3.21. The Balaban J connectivity index is 2.27. The van der Waals surface area contributed by atoms with Gasteiger partial charge in [0.2, 0.25) is 0 Å². The molecule has 29 heteroatoms. The number of carbonyl (C=O) groups excluding carboxylic acids is 2. The molecular weight excluding hydrogens is 1060 g/mol. The molecule has 0 aromatic rings. The summed E-state index contributed by atoms with van der Waals surface area (Å²) in [4.78, 5) is 28.0. The zero-order valence-electron chi connectivity index (χ0n) is 28.3. The summed E-state index contributed by atoms with van der Waals surface area (Å²) in [6.07, 6.45) is 1.49. The average molecular weight is 1110 g/mol. The monoisotopic (exact) mass is 1110 g/mol. The quantitative estimate of drug-likeness (QED) is 0.0871. The maximum absolute atomic E-state index is 15.0. The summed E-state index contributed by atoms with van der Waals surface area (Å²) in [6.45, 7) is 9.77. The van der Waals surface area contributed by atoms with Gasteiger partial charge in [0, 0.05) is 19.9 Å². The highest BCUT2D eigenvalue weighted by Gasteiger charge is 2.62. The van der Waals surface area contributed by atoms with Gasteiger partial charge in [-0.1, -0.05) is 43.7 Å². The Hall–Kier alpha value is 8.23. The first-order chi connectivity index (χ1) is 23.1. The van der Waals surface area contributed by atoms with E-state index in [1.54, 1.807) is 0 Å². The first kappa shape index (κ1) is 52.6. The van der Waals surface area contributed by atoms with Gasteiger partial charge in [0.15, 0.2) is 11.9 Å². The maximum Gasteiger partial charge on any atom is 0.509 e. The van der Waals surface area contributed by atoms with Gasteiger partial charge in [-0.25, -0.2) is 4.79 Å². The van der Waals surface area contributed by atoms with E-state index in [1.165, 1.54) is 11.1 Å². The molecule has 6 nitrogen and oxygen atoms in total. The second kappa shape index (κ2) is 23.8. The molecule has 2 fully saturated rings. The predicted molar refractivity (Wildman–Crippen MR) is 291 cm³/mol. The van der Waals surface area contributed by atoms with Crippen molar-refractivity contribution in [2.45, 2.75) is 77.8 Å². The minimum Gasteiger partial charge on any atom is -0.430 e. The van der Waals surface area contributed by atoms with E-state index in [2.05, 4.69) is 141 Å². The lowest BCUT2D eigenvalue weighted by Crippen LogP contribution is -2.62. The SMILES string of the molecule is C=CCC[C@@H]1OC(=O)O[C@@H]2C(=O)C3C[C@H](OP(P)P(P(P)P)P(P(P)P)P(P)P)C(C)=C([C@H](OP(P(P)P)P(PP)P(P)P)C[C@]12C)C3(C)C. The van der Waals surface area contributed by atoms with Crippen molar-refractivity contribution in [2.75, 3.05) is 0 Å². The molecule has 2 bridgehead atoms. The van der Waals surface area contributed by atoms with E-state index in [4.69, 9.17) is 18.5 Å². The molecule has 2 aliphatic carbocycles. The Morgan fingerprint density at radius 2 is 1.44 bits per heavy atom. The Bertz CT molecular complexity index is 1230. The number of allylic oxidation sites excluding steroid dienone is 1. The van der Waals surface area contributed by atoms with Gasteiger partial charge in [0.05, 0.1) is 32.7 Å². The lowest BCUT2D eigenvalue weighted by atomic mass is 9.55. The van der Waals surface area contributed by atoms with E-state index >= 15 is 4.79 Å². The van der Waals surface area contributed by atoms with Gasteiger partial charge in [-0.3, -0.25) is 4.79 Å². The zero-order valence-corrected chi connectivity index (χ0v) is 52.2. The van der Waals surface area contributed by atoms with Gasteiger partial charge in [-0.15, -0.1) is 105 Å². The molecule has 0 spiro atoms. The summed E-state index contributed by atoms with van der Waals surface area (Å²) < 4.78 is 26.8. The minimum absolute atomic E-state index is 0.0163. The van der Waals surface area contributed by atoms with Crippen LogP contribution in [0, 0.1) is 16.7 Å². The predicted octanol–water partition coefficient (Wildman–Crippen LogP) is 17.0. The molecule has 1 aliphatic heterocycles. The Morgan fingerprint density at radius 3 is 1.92 bits per heavy atom. The number of carbonyl (C=O) groups is 2. The molecular formula is C21H53O6P23. The Morgan fingerprint density at radius 1 is 0.860 bits per heavy atom. The molecule has 3 rings (SSSR count). The summed E-state index contributed by atoms with van der Waals surface area (Å²) in [5.74, 6) is -0.425. The van der Waals surface area contributed by atoms with Crippen molar-refractivity contribution < 1.29 is 28.1 Å². The van der Waals surface area contributed by atoms with Crippen LogP contribution in [0.1, 0.15) is 53.4 Å². The van der Waals surface area contributed by atoms with Crippen LogP contribution in [0.25, 0.3) is 0 Å². The van der Waals surface area contributed by atoms with Crippen molar-refractivity contribution >= 4 is 198 Å². The lowest BCUT2D eigenvalue weighted by Gasteiger charge is -2.55. The highest BCUT2D eigenvalue weighted by atomic mass is 33.3. The average Bonchev–Trinajstić information content (AvgIpc) is 2.99. The first-order valence-electron chi connectivity index (χ1n) is 14.9. The van der Waals surface area contributed by atoms with E-state index in [-0.39, 0.29) is 52.9 Å². The van der Waals surface area contributed by atoms with Crippen molar-refractivity contribution in [3.8, 4) is 0 Å². The van der Waals surface area contributed by atoms with E-state index in [0.29, 0.717) is 25.7 Å². The lowest BCUT2D eigenvalue weighted by molar-refractivity contribution is -0.182. The number of fused-ring (bicyclic) bond motifs is 3. The van der Waals surface area contributed by atoms with Crippen molar-refractivity contribution in [1.82, 2.24) is 0 Å². The van der Waals surface area contributed by atoms with Gasteiger partial charge in [-0.2, -0.15) is 0 Å². The molecule has 18 unspecified atom stereocenters. The summed E-state index contributed by atoms with van der Waals surface area (Å²) in [7, 11) is 36.2. The van der Waals surface area contributed by atoms with E-state index in [1.807, 2.05) is 6.08 Å². The summed E-state index contributed by atoms with van der Waals surface area (Å²) in [5, 5.41) is 0. The maximum atomic E-state index is 15.0. The number of ketones is 1. The van der Waals surface area contributed by atoms with E-state index in [9.17, 15) is 4.79 Å². The number of Topliss-reactive ketones (excluding diaryl/α,β-unsaturated/α-hetero) is 1. The molecule has 0 N–H and O–H groups in total. The molecule has 1 heterocycles. The molecule has 0 radical (unpaired) electrons. The number of hydrogen-bond acceptors (Lipinski definition) is 6. The minimum atomic E-state index is -0.926. The summed E-state index contributed by atoms with van der Waals surface area (Å²) >= 11 is 0. The van der Waals surface area contributed by atoms with Crippen LogP contribution >= 0.6 is 186 Å². The number of rotatable bonds is 16. The van der Waals surface area contributed by atoms with Crippen LogP contribution in [0.2, 0.25) is 0 Å².